The largest absolute Gasteiger partial charge is 0.493 e. The van der Waals surface area contributed by atoms with Crippen LogP contribution < -0.4 is 9.46 Å². The van der Waals surface area contributed by atoms with Gasteiger partial charge >= 0.3 is 0 Å². The quantitative estimate of drug-likeness (QED) is 0.520. The second-order valence-electron chi connectivity index (χ2n) is 7.62. The molecule has 1 fully saturated rings. The summed E-state index contributed by atoms with van der Waals surface area (Å²) in [6.07, 6.45) is -0.231. The van der Waals surface area contributed by atoms with E-state index in [1.807, 2.05) is 18.2 Å². The lowest BCUT2D eigenvalue weighted by Gasteiger charge is -2.33. The Bertz CT molecular complexity index is 1060. The molecule has 1 N–H and O–H groups in total. The Morgan fingerprint density at radius 3 is 2.47 bits per heavy atom. The van der Waals surface area contributed by atoms with Crippen LogP contribution in [0, 0.1) is 0 Å². The van der Waals surface area contributed by atoms with Crippen LogP contribution in [0.25, 0.3) is 0 Å². The number of ether oxygens (including phenoxy) is 2. The van der Waals surface area contributed by atoms with Gasteiger partial charge in [-0.05, 0) is 29.8 Å². The third-order valence-corrected chi connectivity index (χ3v) is 8.32. The average molecular weight is 483 g/mol. The van der Waals surface area contributed by atoms with Gasteiger partial charge < -0.3 is 9.47 Å². The predicted molar refractivity (Wildman–Crippen MR) is 123 cm³/mol. The van der Waals surface area contributed by atoms with E-state index in [0.717, 1.165) is 13.1 Å². The second kappa shape index (κ2) is 11.2. The molecule has 32 heavy (non-hydrogen) atoms. The summed E-state index contributed by atoms with van der Waals surface area (Å²) in [7, 11) is -6.81. The topological polar surface area (TPSA) is 102 Å². The van der Waals surface area contributed by atoms with Gasteiger partial charge in [-0.1, -0.05) is 37.3 Å². The van der Waals surface area contributed by atoms with Gasteiger partial charge in [-0.2, -0.15) is 0 Å². The molecule has 8 nitrogen and oxygen atoms in total. The average Bonchev–Trinajstić information content (AvgIpc) is 2.79. The number of hydrogen-bond donors (Lipinski definition) is 1. The van der Waals surface area contributed by atoms with Crippen LogP contribution >= 0.6 is 0 Å². The highest BCUT2D eigenvalue weighted by Crippen LogP contribution is 2.17. The normalized spacial score (nSPS) is 17.8. The van der Waals surface area contributed by atoms with Crippen molar-refractivity contribution in [3.05, 3.63) is 60.2 Å². The SMILES string of the molecule is CCS(=O)(=O)CCOc1ccc(S(=O)(=O)NCC2CN(Cc3ccccc3)CCO2)cc1. The van der Waals surface area contributed by atoms with Crippen molar-refractivity contribution in [2.24, 2.45) is 0 Å². The van der Waals surface area contributed by atoms with Crippen molar-refractivity contribution in [2.45, 2.75) is 24.5 Å². The first kappa shape index (κ1) is 24.7. The maximum Gasteiger partial charge on any atom is 0.240 e. The third-order valence-electron chi connectivity index (χ3n) is 5.21. The molecule has 0 aliphatic carbocycles. The van der Waals surface area contributed by atoms with Crippen LogP contribution in [0.1, 0.15) is 12.5 Å². The van der Waals surface area contributed by atoms with Gasteiger partial charge in [0.05, 0.1) is 23.4 Å². The molecule has 0 bridgehead atoms. The minimum atomic E-state index is -3.70. The van der Waals surface area contributed by atoms with E-state index in [4.69, 9.17) is 9.47 Å². The highest BCUT2D eigenvalue weighted by atomic mass is 32.2. The molecule has 176 valence electrons. The van der Waals surface area contributed by atoms with E-state index < -0.39 is 19.9 Å². The molecular formula is C22H30N2O6S2. The summed E-state index contributed by atoms with van der Waals surface area (Å²) in [5, 5.41) is 0. The van der Waals surface area contributed by atoms with Crippen LogP contribution in [0.4, 0.5) is 0 Å². The minimum Gasteiger partial charge on any atom is -0.493 e. The molecule has 0 amide bonds. The maximum atomic E-state index is 12.6. The third kappa shape index (κ3) is 7.56. The van der Waals surface area contributed by atoms with Crippen LogP contribution in [0.3, 0.4) is 0 Å². The summed E-state index contributed by atoms with van der Waals surface area (Å²) in [4.78, 5) is 2.37. The van der Waals surface area contributed by atoms with E-state index in [-0.39, 0.29) is 35.7 Å². The summed E-state index contributed by atoms with van der Waals surface area (Å²) in [5.74, 6) is 0.407. The van der Waals surface area contributed by atoms with Gasteiger partial charge in [0.25, 0.3) is 0 Å². The number of nitrogens with zero attached hydrogens (tertiary/aromatic N) is 1. The highest BCUT2D eigenvalue weighted by molar-refractivity contribution is 7.91. The summed E-state index contributed by atoms with van der Waals surface area (Å²) in [6, 6.07) is 16.1. The summed E-state index contributed by atoms with van der Waals surface area (Å²) in [6.45, 7) is 4.60. The predicted octanol–water partition coefficient (Wildman–Crippen LogP) is 1.68. The Hall–Kier alpha value is -1.98. The Kier molecular flexibility index (Phi) is 8.66. The number of sulfonamides is 1. The van der Waals surface area contributed by atoms with Crippen LogP contribution in [-0.2, 0) is 31.1 Å². The molecule has 0 radical (unpaired) electrons. The molecule has 1 unspecified atom stereocenters. The molecule has 2 aromatic rings. The lowest BCUT2D eigenvalue weighted by atomic mass is 10.2. The van der Waals surface area contributed by atoms with Crippen molar-refractivity contribution in [1.29, 1.82) is 0 Å². The monoisotopic (exact) mass is 482 g/mol. The fraction of sp³-hybridized carbons (Fsp3) is 0.455. The van der Waals surface area contributed by atoms with Gasteiger partial charge in [0.15, 0.2) is 9.84 Å². The number of benzene rings is 2. The summed E-state index contributed by atoms with van der Waals surface area (Å²) in [5.41, 5.74) is 1.21. The van der Waals surface area contributed by atoms with Crippen molar-refractivity contribution in [2.75, 3.05) is 44.4 Å². The second-order valence-corrected chi connectivity index (χ2v) is 11.9. The van der Waals surface area contributed by atoms with Crippen LogP contribution in [0.15, 0.2) is 59.5 Å². The van der Waals surface area contributed by atoms with E-state index in [1.165, 1.54) is 29.8 Å². The molecule has 0 saturated carbocycles. The first-order valence-electron chi connectivity index (χ1n) is 10.6. The Morgan fingerprint density at radius 1 is 1.06 bits per heavy atom. The lowest BCUT2D eigenvalue weighted by molar-refractivity contribution is -0.0276. The van der Waals surface area contributed by atoms with E-state index in [9.17, 15) is 16.8 Å². The molecule has 1 heterocycles. The summed E-state index contributed by atoms with van der Waals surface area (Å²) < 4.78 is 62.1. The molecule has 1 saturated heterocycles. The zero-order chi connectivity index (χ0) is 23.0. The number of nitrogens with one attached hydrogen (secondary N) is 1. The minimum absolute atomic E-state index is 0.0268. The standard InChI is InChI=1S/C22H30N2O6S2/c1-2-31(25,26)15-14-30-20-8-10-22(11-9-20)32(27,28)23-16-21-18-24(12-13-29-21)17-19-6-4-3-5-7-19/h3-11,21,23H,2,12-18H2,1H3. The molecule has 0 aromatic heterocycles. The van der Waals surface area contributed by atoms with Crippen LogP contribution in [0.5, 0.6) is 5.75 Å². The smallest absolute Gasteiger partial charge is 0.240 e. The fourth-order valence-electron chi connectivity index (χ4n) is 3.32. The van der Waals surface area contributed by atoms with Crippen molar-refractivity contribution in [1.82, 2.24) is 9.62 Å². The van der Waals surface area contributed by atoms with E-state index >= 15 is 0 Å². The number of sulfone groups is 1. The van der Waals surface area contributed by atoms with Gasteiger partial charge in [-0.3, -0.25) is 4.90 Å². The molecule has 0 spiro atoms. The van der Waals surface area contributed by atoms with Crippen LogP contribution in [0.2, 0.25) is 0 Å². The molecular weight excluding hydrogens is 452 g/mol. The van der Waals surface area contributed by atoms with Crippen molar-refractivity contribution in [3.63, 3.8) is 0 Å². The summed E-state index contributed by atoms with van der Waals surface area (Å²) >= 11 is 0. The molecule has 10 heteroatoms. The van der Waals surface area contributed by atoms with Gasteiger partial charge in [0.2, 0.25) is 10.0 Å². The van der Waals surface area contributed by atoms with E-state index in [0.29, 0.717) is 18.9 Å². The number of rotatable bonds is 11. The van der Waals surface area contributed by atoms with Gasteiger partial charge in [0, 0.05) is 31.9 Å². The molecule has 1 atom stereocenters. The zero-order valence-electron chi connectivity index (χ0n) is 18.1. The van der Waals surface area contributed by atoms with Crippen molar-refractivity contribution in [3.8, 4) is 5.75 Å². The molecule has 1 aliphatic heterocycles. The van der Waals surface area contributed by atoms with Gasteiger partial charge in [-0.25, -0.2) is 21.6 Å². The molecule has 2 aromatic carbocycles. The Balaban J connectivity index is 1.49. The van der Waals surface area contributed by atoms with Gasteiger partial charge in [0.1, 0.15) is 12.4 Å². The zero-order valence-corrected chi connectivity index (χ0v) is 19.8. The lowest BCUT2D eigenvalue weighted by Crippen LogP contribution is -2.47. The fourth-order valence-corrected chi connectivity index (χ4v) is 5.01. The van der Waals surface area contributed by atoms with Gasteiger partial charge in [-0.15, -0.1) is 0 Å². The number of hydrogen-bond acceptors (Lipinski definition) is 7. The molecule has 1 aliphatic rings. The van der Waals surface area contributed by atoms with E-state index in [1.54, 1.807) is 6.92 Å². The highest BCUT2D eigenvalue weighted by Gasteiger charge is 2.23. The van der Waals surface area contributed by atoms with Crippen molar-refractivity contribution >= 4 is 19.9 Å². The molecule has 3 rings (SSSR count). The Morgan fingerprint density at radius 2 is 1.78 bits per heavy atom. The van der Waals surface area contributed by atoms with Crippen molar-refractivity contribution < 1.29 is 26.3 Å². The Labute approximate surface area is 190 Å². The first-order valence-corrected chi connectivity index (χ1v) is 13.9. The first-order chi connectivity index (χ1) is 15.3. The maximum absolute atomic E-state index is 12.6. The van der Waals surface area contributed by atoms with Crippen LogP contribution in [-0.4, -0.2) is 72.2 Å². The number of morpholine rings is 1. The van der Waals surface area contributed by atoms with E-state index in [2.05, 4.69) is 21.8 Å².